The number of halogens is 2. The number of ether oxygens (including phenoxy) is 2. The summed E-state index contributed by atoms with van der Waals surface area (Å²) in [5.74, 6) is -0.606. The fraction of sp³-hybridized carbons (Fsp3) is 0.222. The van der Waals surface area contributed by atoms with E-state index in [1.807, 2.05) is 26.0 Å². The number of para-hydroxylation sites is 1. The van der Waals surface area contributed by atoms with E-state index in [4.69, 9.17) is 32.7 Å². The van der Waals surface area contributed by atoms with E-state index < -0.39 is 18.5 Å². The van der Waals surface area contributed by atoms with E-state index in [1.54, 1.807) is 24.3 Å². The SMILES string of the molecule is Cc1ccc(OCC(=O)OCC(=O)Nc2c(Cl)cccc2Cl)c(C)c1. The van der Waals surface area contributed by atoms with Crippen LogP contribution in [0.25, 0.3) is 0 Å². The van der Waals surface area contributed by atoms with Crippen molar-refractivity contribution in [2.45, 2.75) is 13.8 Å². The van der Waals surface area contributed by atoms with Gasteiger partial charge in [-0.25, -0.2) is 4.79 Å². The molecule has 2 aromatic rings. The summed E-state index contributed by atoms with van der Waals surface area (Å²) in [6.07, 6.45) is 0. The van der Waals surface area contributed by atoms with Crippen molar-refractivity contribution in [1.29, 1.82) is 0 Å². The molecule has 7 heteroatoms. The summed E-state index contributed by atoms with van der Waals surface area (Å²) >= 11 is 11.9. The zero-order chi connectivity index (χ0) is 18.4. The Morgan fingerprint density at radius 1 is 1.04 bits per heavy atom. The van der Waals surface area contributed by atoms with Crippen molar-refractivity contribution in [1.82, 2.24) is 0 Å². The first-order valence-corrected chi connectivity index (χ1v) is 8.22. The highest BCUT2D eigenvalue weighted by molar-refractivity contribution is 6.39. The fourth-order valence-corrected chi connectivity index (χ4v) is 2.57. The van der Waals surface area contributed by atoms with Gasteiger partial charge in [-0.1, -0.05) is 47.0 Å². The topological polar surface area (TPSA) is 64.6 Å². The van der Waals surface area contributed by atoms with Gasteiger partial charge in [0.15, 0.2) is 13.2 Å². The van der Waals surface area contributed by atoms with E-state index in [-0.39, 0.29) is 12.3 Å². The number of nitrogens with one attached hydrogen (secondary N) is 1. The molecule has 0 atom stereocenters. The minimum absolute atomic E-state index is 0.276. The fourth-order valence-electron chi connectivity index (χ4n) is 2.08. The third-order valence-electron chi connectivity index (χ3n) is 3.27. The Bertz CT molecular complexity index is 772. The van der Waals surface area contributed by atoms with Crippen LogP contribution in [0.3, 0.4) is 0 Å². The number of hydrogen-bond donors (Lipinski definition) is 1. The van der Waals surface area contributed by atoms with Crippen molar-refractivity contribution in [3.05, 3.63) is 57.6 Å². The summed E-state index contributed by atoms with van der Waals surface area (Å²) in [5.41, 5.74) is 2.29. The second-order valence-corrected chi connectivity index (χ2v) is 6.18. The molecule has 25 heavy (non-hydrogen) atoms. The van der Waals surface area contributed by atoms with Crippen LogP contribution in [0.15, 0.2) is 36.4 Å². The van der Waals surface area contributed by atoms with Crippen molar-refractivity contribution < 1.29 is 19.1 Å². The Kier molecular flexibility index (Phi) is 6.67. The van der Waals surface area contributed by atoms with Gasteiger partial charge in [0.1, 0.15) is 5.75 Å². The Morgan fingerprint density at radius 2 is 1.72 bits per heavy atom. The van der Waals surface area contributed by atoms with Gasteiger partial charge in [0.2, 0.25) is 0 Å². The zero-order valence-electron chi connectivity index (χ0n) is 13.8. The maximum absolute atomic E-state index is 11.8. The first kappa shape index (κ1) is 19.1. The molecule has 0 radical (unpaired) electrons. The van der Waals surface area contributed by atoms with Crippen LogP contribution in [0.4, 0.5) is 5.69 Å². The van der Waals surface area contributed by atoms with E-state index >= 15 is 0 Å². The van der Waals surface area contributed by atoms with Gasteiger partial charge in [-0.2, -0.15) is 0 Å². The van der Waals surface area contributed by atoms with E-state index in [0.29, 0.717) is 15.8 Å². The molecule has 2 aromatic carbocycles. The third-order valence-corrected chi connectivity index (χ3v) is 3.90. The molecule has 0 aliphatic rings. The van der Waals surface area contributed by atoms with E-state index in [9.17, 15) is 9.59 Å². The monoisotopic (exact) mass is 381 g/mol. The first-order chi connectivity index (χ1) is 11.9. The maximum Gasteiger partial charge on any atom is 0.344 e. The maximum atomic E-state index is 11.8. The number of carbonyl (C=O) groups is 2. The molecule has 5 nitrogen and oxygen atoms in total. The minimum Gasteiger partial charge on any atom is -0.482 e. The summed E-state index contributed by atoms with van der Waals surface area (Å²) in [6, 6.07) is 10.4. The van der Waals surface area contributed by atoms with Crippen molar-refractivity contribution >= 4 is 40.8 Å². The first-order valence-electron chi connectivity index (χ1n) is 7.46. The van der Waals surface area contributed by atoms with Crippen LogP contribution in [-0.2, 0) is 14.3 Å². The number of carbonyl (C=O) groups excluding carboxylic acids is 2. The van der Waals surface area contributed by atoms with Crippen molar-refractivity contribution in [3.8, 4) is 5.75 Å². The second-order valence-electron chi connectivity index (χ2n) is 5.36. The molecule has 0 bridgehead atoms. The molecule has 0 saturated carbocycles. The van der Waals surface area contributed by atoms with E-state index in [1.165, 1.54) is 0 Å². The predicted molar refractivity (Wildman–Crippen MR) is 97.5 cm³/mol. The summed E-state index contributed by atoms with van der Waals surface area (Å²) in [5, 5.41) is 3.10. The lowest BCUT2D eigenvalue weighted by molar-refractivity contribution is -0.149. The molecule has 132 valence electrons. The summed E-state index contributed by atoms with van der Waals surface area (Å²) < 4.78 is 10.3. The van der Waals surface area contributed by atoms with E-state index in [0.717, 1.165) is 11.1 Å². The lowest BCUT2D eigenvalue weighted by atomic mass is 10.1. The lowest BCUT2D eigenvalue weighted by Crippen LogP contribution is -2.24. The molecule has 0 saturated heterocycles. The molecule has 1 N–H and O–H groups in total. The molecular formula is C18H17Cl2NO4. The summed E-state index contributed by atoms with van der Waals surface area (Å²) in [4.78, 5) is 23.5. The summed E-state index contributed by atoms with van der Waals surface area (Å²) in [7, 11) is 0. The van der Waals surface area contributed by atoms with Crippen LogP contribution in [0, 0.1) is 13.8 Å². The van der Waals surface area contributed by atoms with E-state index in [2.05, 4.69) is 5.32 Å². The molecule has 0 aliphatic carbocycles. The van der Waals surface area contributed by atoms with Crippen molar-refractivity contribution in [2.24, 2.45) is 0 Å². The average molecular weight is 382 g/mol. The van der Waals surface area contributed by atoms with Crippen LogP contribution in [0.1, 0.15) is 11.1 Å². The zero-order valence-corrected chi connectivity index (χ0v) is 15.3. The number of aryl methyl sites for hydroxylation is 2. The van der Waals surface area contributed by atoms with Crippen LogP contribution < -0.4 is 10.1 Å². The largest absolute Gasteiger partial charge is 0.482 e. The molecule has 0 aliphatic heterocycles. The predicted octanol–water partition coefficient (Wildman–Crippen LogP) is 4.17. The van der Waals surface area contributed by atoms with Gasteiger partial charge in [-0.3, -0.25) is 4.79 Å². The molecule has 0 aromatic heterocycles. The van der Waals surface area contributed by atoms with Crippen LogP contribution in [0.5, 0.6) is 5.75 Å². The second kappa shape index (κ2) is 8.74. The number of rotatable bonds is 6. The van der Waals surface area contributed by atoms with Gasteiger partial charge in [-0.15, -0.1) is 0 Å². The number of hydrogen-bond acceptors (Lipinski definition) is 4. The van der Waals surface area contributed by atoms with Gasteiger partial charge in [0.05, 0.1) is 15.7 Å². The molecule has 0 spiro atoms. The van der Waals surface area contributed by atoms with Gasteiger partial charge < -0.3 is 14.8 Å². The highest BCUT2D eigenvalue weighted by atomic mass is 35.5. The minimum atomic E-state index is -0.652. The van der Waals surface area contributed by atoms with Crippen molar-refractivity contribution in [2.75, 3.05) is 18.5 Å². The number of anilines is 1. The number of esters is 1. The Morgan fingerprint density at radius 3 is 2.36 bits per heavy atom. The highest BCUT2D eigenvalue weighted by Crippen LogP contribution is 2.29. The lowest BCUT2D eigenvalue weighted by Gasteiger charge is -2.11. The summed E-state index contributed by atoms with van der Waals surface area (Å²) in [6.45, 7) is 3.10. The van der Waals surface area contributed by atoms with Gasteiger partial charge in [0.25, 0.3) is 5.91 Å². The van der Waals surface area contributed by atoms with Gasteiger partial charge in [0, 0.05) is 0 Å². The quantitative estimate of drug-likeness (QED) is 0.762. The molecular weight excluding hydrogens is 365 g/mol. The molecule has 1 amide bonds. The number of benzene rings is 2. The van der Waals surface area contributed by atoms with Crippen LogP contribution in [-0.4, -0.2) is 25.1 Å². The Hall–Kier alpha value is -2.24. The van der Waals surface area contributed by atoms with Gasteiger partial charge >= 0.3 is 5.97 Å². The standard InChI is InChI=1S/C18H17Cl2NO4/c1-11-6-7-15(12(2)8-11)24-10-17(23)25-9-16(22)21-18-13(19)4-3-5-14(18)20/h3-8H,9-10H2,1-2H3,(H,21,22). The highest BCUT2D eigenvalue weighted by Gasteiger charge is 2.12. The van der Waals surface area contributed by atoms with Crippen molar-refractivity contribution in [3.63, 3.8) is 0 Å². The number of amides is 1. The van der Waals surface area contributed by atoms with Crippen LogP contribution in [0.2, 0.25) is 10.0 Å². The van der Waals surface area contributed by atoms with Gasteiger partial charge in [-0.05, 0) is 37.6 Å². The molecule has 0 unspecified atom stereocenters. The Balaban J connectivity index is 1.80. The average Bonchev–Trinajstić information content (AvgIpc) is 2.55. The molecule has 0 heterocycles. The van der Waals surface area contributed by atoms with Crippen LogP contribution >= 0.6 is 23.2 Å². The molecule has 2 rings (SSSR count). The smallest absolute Gasteiger partial charge is 0.344 e. The Labute approximate surface area is 155 Å². The molecule has 0 fully saturated rings. The normalized spacial score (nSPS) is 10.2. The third kappa shape index (κ3) is 5.66.